The van der Waals surface area contributed by atoms with Gasteiger partial charge in [0.2, 0.25) is 5.91 Å². The lowest BCUT2D eigenvalue weighted by Crippen LogP contribution is -2.45. The lowest BCUT2D eigenvalue weighted by molar-refractivity contribution is -0.114. The fourth-order valence-corrected chi connectivity index (χ4v) is 4.16. The summed E-state index contributed by atoms with van der Waals surface area (Å²) in [4.78, 5) is 14.0. The third kappa shape index (κ3) is 4.88. The number of ether oxygens (including phenoxy) is 1. The van der Waals surface area contributed by atoms with Crippen LogP contribution >= 0.6 is 0 Å². The fraction of sp³-hybridized carbons (Fsp3) is 0.650. The van der Waals surface area contributed by atoms with E-state index < -0.39 is 0 Å². The summed E-state index contributed by atoms with van der Waals surface area (Å²) < 4.78 is 5.41. The van der Waals surface area contributed by atoms with Crippen molar-refractivity contribution in [2.45, 2.75) is 64.0 Å². The van der Waals surface area contributed by atoms with Crippen molar-refractivity contribution in [2.24, 2.45) is 0 Å². The van der Waals surface area contributed by atoms with Gasteiger partial charge in [0.25, 0.3) is 0 Å². The Bertz CT molecular complexity index is 576. The molecule has 0 spiro atoms. The minimum atomic E-state index is -0.0888. The molecule has 0 bridgehead atoms. The van der Waals surface area contributed by atoms with Gasteiger partial charge in [0.1, 0.15) is 5.75 Å². The van der Waals surface area contributed by atoms with Crippen LogP contribution in [0.5, 0.6) is 5.75 Å². The third-order valence-electron chi connectivity index (χ3n) is 5.50. The summed E-state index contributed by atoms with van der Waals surface area (Å²) in [6, 6.07) is 7.22. The van der Waals surface area contributed by atoms with Gasteiger partial charge in [-0.05, 0) is 37.8 Å². The first-order chi connectivity index (χ1) is 12.2. The van der Waals surface area contributed by atoms with Crippen LogP contribution in [0.2, 0.25) is 0 Å². The van der Waals surface area contributed by atoms with Crippen LogP contribution in [0.3, 0.4) is 0 Å². The van der Waals surface area contributed by atoms with E-state index >= 15 is 0 Å². The summed E-state index contributed by atoms with van der Waals surface area (Å²) in [5.74, 6) is 0.605. The van der Waals surface area contributed by atoms with Crippen LogP contribution in [0, 0.1) is 0 Å². The van der Waals surface area contributed by atoms with E-state index in [2.05, 4.69) is 15.5 Å². The summed E-state index contributed by atoms with van der Waals surface area (Å²) in [5.41, 5.74) is 1.77. The smallest absolute Gasteiger partial charge is 0.221 e. The van der Waals surface area contributed by atoms with Crippen LogP contribution in [0.15, 0.2) is 18.2 Å². The molecule has 1 aromatic carbocycles. The van der Waals surface area contributed by atoms with Crippen LogP contribution in [0.25, 0.3) is 0 Å². The molecule has 25 heavy (non-hydrogen) atoms. The topological polar surface area (TPSA) is 53.6 Å². The van der Waals surface area contributed by atoms with Crippen molar-refractivity contribution in [3.63, 3.8) is 0 Å². The molecule has 0 radical (unpaired) electrons. The molecule has 5 nitrogen and oxygen atoms in total. The number of nitrogens with zero attached hydrogens (tertiary/aromatic N) is 1. The predicted molar refractivity (Wildman–Crippen MR) is 102 cm³/mol. The lowest BCUT2D eigenvalue weighted by Gasteiger charge is -2.39. The highest BCUT2D eigenvalue weighted by molar-refractivity contribution is 5.90. The van der Waals surface area contributed by atoms with Crippen molar-refractivity contribution in [3.8, 4) is 5.75 Å². The van der Waals surface area contributed by atoms with E-state index in [0.29, 0.717) is 17.5 Å². The minimum Gasteiger partial charge on any atom is -0.494 e. The largest absolute Gasteiger partial charge is 0.494 e. The second-order valence-electron chi connectivity index (χ2n) is 7.34. The fourth-order valence-electron chi connectivity index (χ4n) is 4.16. The number of piperidine rings is 1. The van der Waals surface area contributed by atoms with Crippen LogP contribution < -0.4 is 15.4 Å². The Morgan fingerprint density at radius 3 is 2.48 bits per heavy atom. The Hall–Kier alpha value is -1.75. The van der Waals surface area contributed by atoms with Gasteiger partial charge in [0.15, 0.2) is 0 Å². The number of anilines is 2. The molecule has 5 heteroatoms. The van der Waals surface area contributed by atoms with Crippen LogP contribution in [-0.4, -0.2) is 43.1 Å². The highest BCUT2D eigenvalue weighted by atomic mass is 16.5. The first kappa shape index (κ1) is 18.1. The van der Waals surface area contributed by atoms with Crippen LogP contribution in [-0.2, 0) is 4.79 Å². The number of benzene rings is 1. The third-order valence-corrected chi connectivity index (χ3v) is 5.50. The van der Waals surface area contributed by atoms with Crippen molar-refractivity contribution in [3.05, 3.63) is 18.2 Å². The van der Waals surface area contributed by atoms with Gasteiger partial charge in [0, 0.05) is 43.9 Å². The molecule has 3 rings (SSSR count). The van der Waals surface area contributed by atoms with E-state index in [1.54, 1.807) is 7.11 Å². The Morgan fingerprint density at radius 1 is 1.12 bits per heavy atom. The van der Waals surface area contributed by atoms with E-state index in [-0.39, 0.29) is 5.91 Å². The van der Waals surface area contributed by atoms with Gasteiger partial charge in [0.05, 0.1) is 12.8 Å². The Kier molecular flexibility index (Phi) is 6.19. The summed E-state index contributed by atoms with van der Waals surface area (Å²) in [7, 11) is 1.63. The number of likely N-dealkylation sites (tertiary alicyclic amines) is 1. The van der Waals surface area contributed by atoms with Crippen molar-refractivity contribution < 1.29 is 9.53 Å². The van der Waals surface area contributed by atoms with Crippen LogP contribution in [0.4, 0.5) is 11.4 Å². The summed E-state index contributed by atoms with van der Waals surface area (Å²) in [6.07, 6.45) is 9.38. The molecule has 1 aliphatic carbocycles. The molecule has 0 aromatic heterocycles. The molecule has 2 aliphatic rings. The van der Waals surface area contributed by atoms with Gasteiger partial charge in [-0.25, -0.2) is 0 Å². The van der Waals surface area contributed by atoms with Crippen molar-refractivity contribution in [1.82, 2.24) is 4.90 Å². The molecule has 1 aromatic rings. The van der Waals surface area contributed by atoms with E-state index in [1.165, 1.54) is 65.0 Å². The molecule has 0 unspecified atom stereocenters. The zero-order valence-electron chi connectivity index (χ0n) is 15.5. The normalized spacial score (nSPS) is 20.2. The van der Waals surface area contributed by atoms with E-state index in [4.69, 9.17) is 4.74 Å². The monoisotopic (exact) mass is 345 g/mol. The number of hydrogen-bond acceptors (Lipinski definition) is 4. The van der Waals surface area contributed by atoms with Gasteiger partial charge in [-0.3, -0.25) is 4.79 Å². The summed E-state index contributed by atoms with van der Waals surface area (Å²) in [5, 5.41) is 6.44. The number of amides is 1. The summed E-state index contributed by atoms with van der Waals surface area (Å²) >= 11 is 0. The lowest BCUT2D eigenvalue weighted by atomic mass is 9.92. The molecule has 2 N–H and O–H groups in total. The molecule has 0 atom stereocenters. The first-order valence-corrected chi connectivity index (χ1v) is 9.62. The Morgan fingerprint density at radius 2 is 1.84 bits per heavy atom. The zero-order chi connectivity index (χ0) is 17.6. The second kappa shape index (κ2) is 8.56. The Balaban J connectivity index is 1.53. The molecular weight excluding hydrogens is 314 g/mol. The van der Waals surface area contributed by atoms with Gasteiger partial charge < -0.3 is 20.3 Å². The molecule has 1 amide bonds. The zero-order valence-corrected chi connectivity index (χ0v) is 15.5. The number of nitrogens with one attached hydrogen (secondary N) is 2. The van der Waals surface area contributed by atoms with E-state index in [9.17, 15) is 4.79 Å². The first-order valence-electron chi connectivity index (χ1n) is 9.62. The molecule has 1 heterocycles. The molecule has 1 aliphatic heterocycles. The number of carbonyl (C=O) groups is 1. The molecule has 138 valence electrons. The maximum atomic E-state index is 11.3. The standard InChI is InChI=1S/C20H31N3O2/c1-15(24)21-19-9-8-17(14-20(19)25-2)22-16-10-12-23(13-11-16)18-6-4-3-5-7-18/h8-9,14,16,18,22H,3-7,10-13H2,1-2H3,(H,21,24). The predicted octanol–water partition coefficient (Wildman–Crippen LogP) is 3.86. The van der Waals surface area contributed by atoms with Gasteiger partial charge >= 0.3 is 0 Å². The average Bonchev–Trinajstić information content (AvgIpc) is 2.64. The number of hydrogen-bond donors (Lipinski definition) is 2. The molecule has 1 saturated heterocycles. The Labute approximate surface area is 151 Å². The van der Waals surface area contributed by atoms with Gasteiger partial charge in [-0.15, -0.1) is 0 Å². The SMILES string of the molecule is COc1cc(NC2CCN(C3CCCCC3)CC2)ccc1NC(C)=O. The number of rotatable bonds is 5. The molecule has 2 fully saturated rings. The highest BCUT2D eigenvalue weighted by Crippen LogP contribution is 2.30. The van der Waals surface area contributed by atoms with Crippen molar-refractivity contribution >= 4 is 17.3 Å². The maximum absolute atomic E-state index is 11.3. The number of carbonyl (C=O) groups excluding carboxylic acids is 1. The van der Waals surface area contributed by atoms with Crippen LogP contribution in [0.1, 0.15) is 51.9 Å². The van der Waals surface area contributed by atoms with Gasteiger partial charge in [-0.1, -0.05) is 19.3 Å². The van der Waals surface area contributed by atoms with E-state index in [1.807, 2.05) is 18.2 Å². The average molecular weight is 345 g/mol. The van der Waals surface area contributed by atoms with Crippen molar-refractivity contribution in [2.75, 3.05) is 30.8 Å². The van der Waals surface area contributed by atoms with Gasteiger partial charge in [-0.2, -0.15) is 0 Å². The number of methoxy groups -OCH3 is 1. The highest BCUT2D eigenvalue weighted by Gasteiger charge is 2.26. The maximum Gasteiger partial charge on any atom is 0.221 e. The second-order valence-corrected chi connectivity index (χ2v) is 7.34. The molecular formula is C20H31N3O2. The quantitative estimate of drug-likeness (QED) is 0.851. The van der Waals surface area contributed by atoms with E-state index in [0.717, 1.165) is 11.7 Å². The molecule has 1 saturated carbocycles. The van der Waals surface area contributed by atoms with Crippen molar-refractivity contribution in [1.29, 1.82) is 0 Å². The minimum absolute atomic E-state index is 0.0888. The summed E-state index contributed by atoms with van der Waals surface area (Å²) in [6.45, 7) is 3.90.